The molecule has 0 aliphatic carbocycles. The summed E-state index contributed by atoms with van der Waals surface area (Å²) >= 11 is 11.6. The van der Waals surface area contributed by atoms with Gasteiger partial charge in [0, 0.05) is 18.4 Å². The highest BCUT2D eigenvalue weighted by Crippen LogP contribution is 2.27. The van der Waals surface area contributed by atoms with Crippen molar-refractivity contribution >= 4 is 44.1 Å². The molecule has 0 fully saturated rings. The third-order valence-corrected chi connectivity index (χ3v) is 4.53. The first-order chi connectivity index (χ1) is 9.23. The molecule has 1 atom stereocenters. The Morgan fingerprint density at radius 2 is 2.10 bits per heavy atom. The largest absolute Gasteiger partial charge is 0.323 e. The smallest absolute Gasteiger partial charge is 0.149 e. The molecule has 1 aromatic heterocycles. The molecule has 0 saturated heterocycles. The third kappa shape index (κ3) is 3.07. The first-order valence-corrected chi connectivity index (χ1v) is 8.79. The minimum atomic E-state index is -3.16. The van der Waals surface area contributed by atoms with Gasteiger partial charge in [-0.15, -0.1) is 11.6 Å². The summed E-state index contributed by atoms with van der Waals surface area (Å²) in [5.74, 6) is -0.0421. The standard InChI is InChI=1S/C12H13Cl2FN2O2S/c1-7(6-20(2,18)19)17-11-3-8(14)9(15)4-10(11)16-12(17)5-13/h3-4,7H,5-6H2,1-2H3. The number of halogens is 3. The predicted molar refractivity (Wildman–Crippen MR) is 78.7 cm³/mol. The minimum Gasteiger partial charge on any atom is -0.323 e. The van der Waals surface area contributed by atoms with Crippen molar-refractivity contribution < 1.29 is 12.8 Å². The summed E-state index contributed by atoms with van der Waals surface area (Å²) in [7, 11) is -3.16. The molecule has 0 spiro atoms. The van der Waals surface area contributed by atoms with Crippen molar-refractivity contribution in [3.63, 3.8) is 0 Å². The highest BCUT2D eigenvalue weighted by molar-refractivity contribution is 7.90. The fourth-order valence-electron chi connectivity index (χ4n) is 2.24. The van der Waals surface area contributed by atoms with Crippen molar-refractivity contribution in [1.29, 1.82) is 0 Å². The van der Waals surface area contributed by atoms with Gasteiger partial charge in [-0.1, -0.05) is 11.6 Å². The first kappa shape index (κ1) is 15.5. The van der Waals surface area contributed by atoms with E-state index in [0.717, 1.165) is 6.26 Å². The number of benzene rings is 1. The average molecular weight is 339 g/mol. The lowest BCUT2D eigenvalue weighted by atomic mass is 10.3. The lowest BCUT2D eigenvalue weighted by Crippen LogP contribution is -2.18. The summed E-state index contributed by atoms with van der Waals surface area (Å²) < 4.78 is 38.0. The average Bonchev–Trinajstić information content (AvgIpc) is 2.65. The molecule has 0 amide bonds. The molecule has 2 aromatic rings. The Labute approximate surface area is 126 Å². The van der Waals surface area contributed by atoms with Crippen molar-refractivity contribution in [1.82, 2.24) is 9.55 Å². The lowest BCUT2D eigenvalue weighted by Gasteiger charge is -2.16. The van der Waals surface area contributed by atoms with Gasteiger partial charge in [-0.05, 0) is 13.0 Å². The second-order valence-corrected chi connectivity index (χ2v) is 7.59. The van der Waals surface area contributed by atoms with Gasteiger partial charge in [0.1, 0.15) is 21.5 Å². The Hall–Kier alpha value is -0.850. The number of imidazole rings is 1. The molecule has 0 bridgehead atoms. The summed E-state index contributed by atoms with van der Waals surface area (Å²) in [5, 5.41) is -0.0358. The monoisotopic (exact) mass is 338 g/mol. The number of fused-ring (bicyclic) bond motifs is 1. The summed E-state index contributed by atoms with van der Waals surface area (Å²) in [4.78, 5) is 4.22. The molecule has 1 heterocycles. The first-order valence-electron chi connectivity index (χ1n) is 5.82. The van der Waals surface area contributed by atoms with Gasteiger partial charge in [-0.25, -0.2) is 17.8 Å². The Morgan fingerprint density at radius 1 is 1.45 bits per heavy atom. The van der Waals surface area contributed by atoms with Gasteiger partial charge in [-0.2, -0.15) is 0 Å². The van der Waals surface area contributed by atoms with E-state index in [1.165, 1.54) is 12.1 Å². The molecule has 2 rings (SSSR count). The molecule has 110 valence electrons. The quantitative estimate of drug-likeness (QED) is 0.804. The molecule has 20 heavy (non-hydrogen) atoms. The SMILES string of the molecule is CC(CS(C)(=O)=O)n1c(CCl)nc2cc(F)c(Cl)cc21. The van der Waals surface area contributed by atoms with Gasteiger partial charge >= 0.3 is 0 Å². The van der Waals surface area contributed by atoms with Crippen molar-refractivity contribution in [3.8, 4) is 0 Å². The Balaban J connectivity index is 2.63. The van der Waals surface area contributed by atoms with Gasteiger partial charge in [0.15, 0.2) is 0 Å². The number of sulfone groups is 1. The molecular formula is C12H13Cl2FN2O2S. The van der Waals surface area contributed by atoms with Gasteiger partial charge in [-0.3, -0.25) is 0 Å². The van der Waals surface area contributed by atoms with Crippen LogP contribution >= 0.6 is 23.2 Å². The second kappa shape index (κ2) is 5.50. The van der Waals surface area contributed by atoms with Crippen molar-refractivity contribution in [2.24, 2.45) is 0 Å². The zero-order valence-corrected chi connectivity index (χ0v) is 13.2. The fourth-order valence-corrected chi connectivity index (χ4v) is 3.61. The van der Waals surface area contributed by atoms with Crippen molar-refractivity contribution in [2.75, 3.05) is 12.0 Å². The Bertz CT molecular complexity index is 758. The van der Waals surface area contributed by atoms with E-state index in [9.17, 15) is 12.8 Å². The maximum atomic E-state index is 13.5. The van der Waals surface area contributed by atoms with E-state index >= 15 is 0 Å². The topological polar surface area (TPSA) is 52.0 Å². The lowest BCUT2D eigenvalue weighted by molar-refractivity contribution is 0.560. The zero-order valence-electron chi connectivity index (χ0n) is 10.9. The maximum Gasteiger partial charge on any atom is 0.149 e. The summed E-state index contributed by atoms with van der Waals surface area (Å²) in [6, 6.07) is 2.29. The Morgan fingerprint density at radius 3 is 2.65 bits per heavy atom. The molecule has 8 heteroatoms. The van der Waals surface area contributed by atoms with Crippen LogP contribution in [0.2, 0.25) is 5.02 Å². The molecule has 0 radical (unpaired) electrons. The van der Waals surface area contributed by atoms with Crippen LogP contribution in [0.3, 0.4) is 0 Å². The molecule has 0 aliphatic heterocycles. The minimum absolute atomic E-state index is 0.0358. The van der Waals surface area contributed by atoms with Crippen LogP contribution in [0.15, 0.2) is 12.1 Å². The van der Waals surface area contributed by atoms with Crippen LogP contribution in [0, 0.1) is 5.82 Å². The van der Waals surface area contributed by atoms with Gasteiger partial charge in [0.2, 0.25) is 0 Å². The van der Waals surface area contributed by atoms with E-state index in [2.05, 4.69) is 4.98 Å². The summed E-state index contributed by atoms with van der Waals surface area (Å²) in [6.07, 6.45) is 1.16. The molecule has 1 unspecified atom stereocenters. The number of hydrogen-bond acceptors (Lipinski definition) is 3. The molecule has 0 aliphatic rings. The van der Waals surface area contributed by atoms with Crippen molar-refractivity contribution in [3.05, 3.63) is 28.8 Å². The van der Waals surface area contributed by atoms with Crippen LogP contribution in [-0.2, 0) is 15.7 Å². The van der Waals surface area contributed by atoms with Crippen LogP contribution < -0.4 is 0 Å². The second-order valence-electron chi connectivity index (χ2n) is 4.73. The van der Waals surface area contributed by atoms with E-state index < -0.39 is 15.7 Å². The summed E-state index contributed by atoms with van der Waals surface area (Å²) in [5.41, 5.74) is 0.978. The number of rotatable bonds is 4. The molecule has 0 N–H and O–H groups in total. The van der Waals surface area contributed by atoms with E-state index in [4.69, 9.17) is 23.2 Å². The third-order valence-electron chi connectivity index (χ3n) is 2.91. The van der Waals surface area contributed by atoms with Crippen LogP contribution in [0.25, 0.3) is 11.0 Å². The highest BCUT2D eigenvalue weighted by Gasteiger charge is 2.20. The van der Waals surface area contributed by atoms with Crippen LogP contribution in [-0.4, -0.2) is 30.0 Å². The maximum absolute atomic E-state index is 13.5. The van der Waals surface area contributed by atoms with Gasteiger partial charge in [0.05, 0.1) is 27.7 Å². The molecule has 4 nitrogen and oxygen atoms in total. The van der Waals surface area contributed by atoms with Gasteiger partial charge < -0.3 is 4.57 Å². The van der Waals surface area contributed by atoms with Crippen molar-refractivity contribution in [2.45, 2.75) is 18.8 Å². The molecular weight excluding hydrogens is 326 g/mol. The van der Waals surface area contributed by atoms with Gasteiger partial charge in [0.25, 0.3) is 0 Å². The van der Waals surface area contributed by atoms with Crippen LogP contribution in [0.5, 0.6) is 0 Å². The number of alkyl halides is 1. The normalized spacial score (nSPS) is 13.8. The van der Waals surface area contributed by atoms with Crippen LogP contribution in [0.4, 0.5) is 4.39 Å². The highest BCUT2D eigenvalue weighted by atomic mass is 35.5. The number of hydrogen-bond donors (Lipinski definition) is 0. The van der Waals surface area contributed by atoms with E-state index in [1.54, 1.807) is 11.5 Å². The number of aromatic nitrogens is 2. The van der Waals surface area contributed by atoms with E-state index in [1.807, 2.05) is 0 Å². The number of nitrogens with zero attached hydrogens (tertiary/aromatic N) is 2. The Kier molecular flexibility index (Phi) is 4.27. The summed E-state index contributed by atoms with van der Waals surface area (Å²) in [6.45, 7) is 1.75. The fraction of sp³-hybridized carbons (Fsp3) is 0.417. The van der Waals surface area contributed by atoms with Crippen LogP contribution in [0.1, 0.15) is 18.8 Å². The van der Waals surface area contributed by atoms with E-state index in [0.29, 0.717) is 16.9 Å². The van der Waals surface area contributed by atoms with E-state index in [-0.39, 0.29) is 22.7 Å². The molecule has 0 saturated carbocycles. The predicted octanol–water partition coefficient (Wildman–Crippen LogP) is 3.17. The molecule has 1 aromatic carbocycles. The zero-order chi connectivity index (χ0) is 15.1.